The summed E-state index contributed by atoms with van der Waals surface area (Å²) in [6.45, 7) is 5.09. The van der Waals surface area contributed by atoms with Crippen molar-refractivity contribution in [1.82, 2.24) is 20.3 Å². The molecule has 1 aliphatic heterocycles. The second-order valence-corrected chi connectivity index (χ2v) is 14.0. The molecule has 0 unspecified atom stereocenters. The van der Waals surface area contributed by atoms with Crippen LogP contribution in [0.25, 0.3) is 72.4 Å². The fourth-order valence-electron chi connectivity index (χ4n) is 7.44. The molecule has 0 saturated carbocycles. The lowest BCUT2D eigenvalue weighted by atomic mass is 9.93. The van der Waals surface area contributed by atoms with Gasteiger partial charge >= 0.3 is 0 Å². The van der Waals surface area contributed by atoms with Crippen LogP contribution in [0.2, 0.25) is 0 Å². The molecule has 6 heteroatoms. The number of nitrogens with one attached hydrogen (secondary N) is 1. The van der Waals surface area contributed by atoms with Crippen molar-refractivity contribution in [3.8, 4) is 56.7 Å². The molecule has 0 bridgehead atoms. The summed E-state index contributed by atoms with van der Waals surface area (Å²) in [6.07, 6.45) is 13.8. The maximum Gasteiger partial charge on any atom is 0.134 e. The Kier molecular flexibility index (Phi) is 9.91. The Bertz CT molecular complexity index is 2560. The highest BCUT2D eigenvalue weighted by molar-refractivity contribution is 6.02. The SMILES string of the molecule is CCCCc1cc(C2=CC=CCN2)c(O)c(-c2nc(-c3cc4ccccc4c(-c4cc(CCCC)cc(-c5ccccn5)c4O)n3)cc3ccccc23)c1. The Morgan fingerprint density at radius 2 is 1.13 bits per heavy atom. The highest BCUT2D eigenvalue weighted by atomic mass is 16.3. The van der Waals surface area contributed by atoms with Crippen molar-refractivity contribution in [3.63, 3.8) is 0 Å². The minimum atomic E-state index is 0.151. The highest BCUT2D eigenvalue weighted by Crippen LogP contribution is 2.44. The molecule has 0 atom stereocenters. The van der Waals surface area contributed by atoms with Crippen LogP contribution in [0.1, 0.15) is 56.2 Å². The van der Waals surface area contributed by atoms with Crippen LogP contribution in [0.3, 0.4) is 0 Å². The summed E-state index contributed by atoms with van der Waals surface area (Å²) in [5.41, 5.74) is 9.44. The summed E-state index contributed by atoms with van der Waals surface area (Å²) in [6, 6.07) is 34.6. The molecule has 4 heterocycles. The van der Waals surface area contributed by atoms with E-state index < -0.39 is 0 Å². The first-order valence-electron chi connectivity index (χ1n) is 19.1. The van der Waals surface area contributed by atoms with Crippen LogP contribution in [0.15, 0.2) is 128 Å². The van der Waals surface area contributed by atoms with Crippen molar-refractivity contribution >= 4 is 27.2 Å². The number of fused-ring (bicyclic) bond motifs is 2. The summed E-state index contributed by atoms with van der Waals surface area (Å²) < 4.78 is 0. The van der Waals surface area contributed by atoms with Gasteiger partial charge in [-0.2, -0.15) is 0 Å². The Balaban J connectivity index is 1.36. The van der Waals surface area contributed by atoms with Crippen LogP contribution in [-0.2, 0) is 12.8 Å². The van der Waals surface area contributed by atoms with Gasteiger partial charge in [0.2, 0.25) is 0 Å². The monoisotopic (exact) mass is 708 g/mol. The van der Waals surface area contributed by atoms with E-state index in [0.717, 1.165) is 82.5 Å². The van der Waals surface area contributed by atoms with Gasteiger partial charge in [0.1, 0.15) is 11.5 Å². The van der Waals surface area contributed by atoms with Crippen LogP contribution in [0.4, 0.5) is 0 Å². The van der Waals surface area contributed by atoms with Crippen molar-refractivity contribution in [3.05, 3.63) is 144 Å². The number of allylic oxidation sites excluding steroid dienone is 2. The van der Waals surface area contributed by atoms with Crippen LogP contribution in [-0.4, -0.2) is 31.7 Å². The number of hydrogen-bond donors (Lipinski definition) is 3. The number of aromatic hydroxyl groups is 2. The minimum absolute atomic E-state index is 0.151. The molecule has 0 spiro atoms. The molecule has 0 radical (unpaired) electrons. The second kappa shape index (κ2) is 15.4. The average molecular weight is 709 g/mol. The van der Waals surface area contributed by atoms with E-state index in [2.05, 4.69) is 90.9 Å². The zero-order chi connectivity index (χ0) is 37.0. The average Bonchev–Trinajstić information content (AvgIpc) is 3.22. The molecule has 0 saturated heterocycles. The molecule has 1 aliphatic rings. The Labute approximate surface area is 316 Å². The predicted molar refractivity (Wildman–Crippen MR) is 222 cm³/mol. The smallest absolute Gasteiger partial charge is 0.134 e. The number of unbranched alkanes of at least 4 members (excludes halogenated alkanes) is 2. The fourth-order valence-corrected chi connectivity index (χ4v) is 7.44. The molecule has 8 rings (SSSR count). The first-order valence-corrected chi connectivity index (χ1v) is 19.1. The maximum atomic E-state index is 12.0. The van der Waals surface area contributed by atoms with Gasteiger partial charge in [-0.25, -0.2) is 9.97 Å². The second-order valence-electron chi connectivity index (χ2n) is 14.0. The van der Waals surface area contributed by atoms with Crippen LogP contribution in [0, 0.1) is 0 Å². The number of dihydropyridines is 1. The van der Waals surface area contributed by atoms with E-state index in [0.29, 0.717) is 51.7 Å². The van der Waals surface area contributed by atoms with Gasteiger partial charge in [-0.1, -0.05) is 93.4 Å². The van der Waals surface area contributed by atoms with Crippen LogP contribution >= 0.6 is 0 Å². The van der Waals surface area contributed by atoms with Gasteiger partial charge in [0.05, 0.1) is 28.5 Å². The topological polar surface area (TPSA) is 91.2 Å². The minimum Gasteiger partial charge on any atom is -0.507 e. The first kappa shape index (κ1) is 34.8. The number of phenolic OH excluding ortho intramolecular Hbond substituents is 2. The third kappa shape index (κ3) is 6.83. The van der Waals surface area contributed by atoms with Crippen molar-refractivity contribution in [2.75, 3.05) is 6.54 Å². The van der Waals surface area contributed by atoms with E-state index in [4.69, 9.17) is 9.97 Å². The predicted octanol–water partition coefficient (Wildman–Crippen LogP) is 11.4. The molecule has 268 valence electrons. The quantitative estimate of drug-likeness (QED) is 0.124. The molecule has 54 heavy (non-hydrogen) atoms. The lowest BCUT2D eigenvalue weighted by Crippen LogP contribution is -2.14. The number of nitrogens with zero attached hydrogens (tertiary/aromatic N) is 3. The van der Waals surface area contributed by atoms with E-state index in [9.17, 15) is 10.2 Å². The standard InChI is InChI=1S/C48H44N4O2/c1-3-5-15-31-25-37(41-21-11-13-23-49-41)47(53)39(27-31)45-35-19-9-7-17-33(35)29-43(51-45)44-30-34-18-8-10-20-36(34)46(52-44)40-28-32(16-6-4-2)26-38(48(40)54)42-22-12-14-24-50-42/h7-14,17-23,25-30,50,53-54H,3-6,15-16,24H2,1-2H3. The van der Waals surface area contributed by atoms with Crippen molar-refractivity contribution in [2.45, 2.75) is 52.4 Å². The van der Waals surface area contributed by atoms with Gasteiger partial charge < -0.3 is 15.5 Å². The molecular weight excluding hydrogens is 665 g/mol. The van der Waals surface area contributed by atoms with Gasteiger partial charge in [0.15, 0.2) is 0 Å². The molecule has 0 fully saturated rings. The summed E-state index contributed by atoms with van der Waals surface area (Å²) >= 11 is 0. The fraction of sp³-hybridized carbons (Fsp3) is 0.188. The molecule has 7 aromatic rings. The molecule has 0 aliphatic carbocycles. The number of phenols is 2. The number of aryl methyl sites for hydroxylation is 2. The van der Waals surface area contributed by atoms with E-state index in [1.165, 1.54) is 0 Å². The zero-order valence-electron chi connectivity index (χ0n) is 30.8. The lowest BCUT2D eigenvalue weighted by molar-refractivity contribution is 0.474. The summed E-state index contributed by atoms with van der Waals surface area (Å²) in [5.74, 6) is 0.347. The molecular formula is C48H44N4O2. The van der Waals surface area contributed by atoms with Crippen LogP contribution in [0.5, 0.6) is 11.5 Å². The van der Waals surface area contributed by atoms with Crippen molar-refractivity contribution < 1.29 is 10.2 Å². The third-order valence-electron chi connectivity index (χ3n) is 10.3. The van der Waals surface area contributed by atoms with Gasteiger partial charge in [0.25, 0.3) is 0 Å². The molecule has 3 N–H and O–H groups in total. The molecule has 4 aromatic carbocycles. The summed E-state index contributed by atoms with van der Waals surface area (Å²) in [5, 5.41) is 31.4. The lowest BCUT2D eigenvalue weighted by Gasteiger charge is -2.19. The van der Waals surface area contributed by atoms with Gasteiger partial charge in [-0.05, 0) is 102 Å². The number of hydrogen-bond acceptors (Lipinski definition) is 6. The summed E-state index contributed by atoms with van der Waals surface area (Å²) in [4.78, 5) is 15.3. The third-order valence-corrected chi connectivity index (χ3v) is 10.3. The maximum absolute atomic E-state index is 12.0. The van der Waals surface area contributed by atoms with Gasteiger partial charge in [-0.3, -0.25) is 4.98 Å². The molecule has 3 aromatic heterocycles. The zero-order valence-corrected chi connectivity index (χ0v) is 30.8. The number of rotatable bonds is 11. The Morgan fingerprint density at radius 3 is 1.67 bits per heavy atom. The number of pyridine rings is 3. The normalized spacial score (nSPS) is 12.6. The van der Waals surface area contributed by atoms with E-state index >= 15 is 0 Å². The Morgan fingerprint density at radius 1 is 0.593 bits per heavy atom. The summed E-state index contributed by atoms with van der Waals surface area (Å²) in [7, 11) is 0. The highest BCUT2D eigenvalue weighted by Gasteiger charge is 2.22. The van der Waals surface area contributed by atoms with Crippen molar-refractivity contribution in [2.24, 2.45) is 0 Å². The molecule has 0 amide bonds. The number of benzene rings is 4. The van der Waals surface area contributed by atoms with Crippen LogP contribution < -0.4 is 5.32 Å². The Hall–Kier alpha value is -6.27. The van der Waals surface area contributed by atoms with E-state index in [-0.39, 0.29) is 11.5 Å². The molecule has 6 nitrogen and oxygen atoms in total. The van der Waals surface area contributed by atoms with E-state index in [1.807, 2.05) is 54.6 Å². The largest absolute Gasteiger partial charge is 0.507 e. The van der Waals surface area contributed by atoms with E-state index in [1.54, 1.807) is 6.20 Å². The first-order chi connectivity index (χ1) is 26.5. The van der Waals surface area contributed by atoms with Gasteiger partial charge in [0, 0.05) is 51.5 Å². The van der Waals surface area contributed by atoms with Crippen molar-refractivity contribution in [1.29, 1.82) is 0 Å². The van der Waals surface area contributed by atoms with Gasteiger partial charge in [-0.15, -0.1) is 0 Å². The number of aromatic nitrogens is 3.